The third-order valence-electron chi connectivity index (χ3n) is 4.65. The van der Waals surface area contributed by atoms with Crippen LogP contribution in [0.25, 0.3) is 0 Å². The molecule has 0 atom stereocenters. The first-order chi connectivity index (χ1) is 14.4. The van der Waals surface area contributed by atoms with E-state index >= 15 is 0 Å². The highest BCUT2D eigenvalue weighted by atomic mass is 19.4. The molecular formula is C21H26F3N5O. The number of nitrogens with zero attached hydrogens (tertiary/aromatic N) is 3. The fourth-order valence-electron chi connectivity index (χ4n) is 3.21. The lowest BCUT2D eigenvalue weighted by molar-refractivity contribution is -0.274. The molecule has 1 saturated heterocycles. The summed E-state index contributed by atoms with van der Waals surface area (Å²) in [6, 6.07) is 10.0. The molecule has 1 fully saturated rings. The van der Waals surface area contributed by atoms with E-state index in [1.807, 2.05) is 25.3 Å². The zero-order valence-electron chi connectivity index (χ0n) is 16.9. The quantitative estimate of drug-likeness (QED) is 0.526. The molecule has 2 heterocycles. The Kier molecular flexibility index (Phi) is 7.37. The van der Waals surface area contributed by atoms with Gasteiger partial charge < -0.3 is 20.3 Å². The molecule has 0 unspecified atom stereocenters. The van der Waals surface area contributed by atoms with Crippen LogP contribution in [-0.4, -0.2) is 36.9 Å². The van der Waals surface area contributed by atoms with Gasteiger partial charge in [0.1, 0.15) is 11.6 Å². The SMILES string of the molecule is CCNC(=NCc1ccc(N2CCCC2)nc1)NCc1ccccc1OC(F)(F)F. The highest BCUT2D eigenvalue weighted by molar-refractivity contribution is 5.79. The summed E-state index contributed by atoms with van der Waals surface area (Å²) in [6.45, 7) is 5.17. The lowest BCUT2D eigenvalue weighted by Gasteiger charge is -2.16. The number of guanidine groups is 1. The second kappa shape index (κ2) is 10.2. The Morgan fingerprint density at radius 3 is 2.57 bits per heavy atom. The third kappa shape index (κ3) is 6.53. The van der Waals surface area contributed by atoms with Gasteiger partial charge in [0, 0.05) is 37.9 Å². The first-order valence-electron chi connectivity index (χ1n) is 10.0. The van der Waals surface area contributed by atoms with Crippen molar-refractivity contribution >= 4 is 11.8 Å². The zero-order chi connectivity index (χ0) is 21.4. The molecule has 2 aromatic rings. The number of anilines is 1. The average molecular weight is 421 g/mol. The third-order valence-corrected chi connectivity index (χ3v) is 4.65. The van der Waals surface area contributed by atoms with Crippen LogP contribution in [0.1, 0.15) is 30.9 Å². The molecular weight excluding hydrogens is 395 g/mol. The van der Waals surface area contributed by atoms with E-state index < -0.39 is 6.36 Å². The van der Waals surface area contributed by atoms with Gasteiger partial charge in [-0.05, 0) is 37.5 Å². The summed E-state index contributed by atoms with van der Waals surface area (Å²) < 4.78 is 41.9. The molecule has 6 nitrogen and oxygen atoms in total. The first kappa shape index (κ1) is 21.7. The van der Waals surface area contributed by atoms with E-state index in [1.54, 1.807) is 12.1 Å². The highest BCUT2D eigenvalue weighted by Crippen LogP contribution is 2.26. The number of hydrogen-bond acceptors (Lipinski definition) is 4. The molecule has 0 bridgehead atoms. The number of ether oxygens (including phenoxy) is 1. The maximum absolute atomic E-state index is 12.6. The summed E-state index contributed by atoms with van der Waals surface area (Å²) in [4.78, 5) is 11.3. The summed E-state index contributed by atoms with van der Waals surface area (Å²) in [5.74, 6) is 1.25. The van der Waals surface area contributed by atoms with Crippen LogP contribution in [0.4, 0.5) is 19.0 Å². The normalized spacial score (nSPS) is 14.7. The molecule has 2 N–H and O–H groups in total. The minimum absolute atomic E-state index is 0.143. The smallest absolute Gasteiger partial charge is 0.405 e. The van der Waals surface area contributed by atoms with E-state index in [2.05, 4.69) is 30.2 Å². The lowest BCUT2D eigenvalue weighted by Crippen LogP contribution is -2.37. The predicted octanol–water partition coefficient (Wildman–Crippen LogP) is 3.84. The molecule has 0 spiro atoms. The van der Waals surface area contributed by atoms with E-state index in [4.69, 9.17) is 0 Å². The lowest BCUT2D eigenvalue weighted by atomic mass is 10.2. The molecule has 1 aromatic carbocycles. The molecule has 0 saturated carbocycles. The summed E-state index contributed by atoms with van der Waals surface area (Å²) in [5, 5.41) is 6.15. The van der Waals surface area contributed by atoms with Gasteiger partial charge in [0.25, 0.3) is 0 Å². The van der Waals surface area contributed by atoms with Gasteiger partial charge in [-0.1, -0.05) is 24.3 Å². The van der Waals surface area contributed by atoms with E-state index in [1.165, 1.54) is 25.0 Å². The highest BCUT2D eigenvalue weighted by Gasteiger charge is 2.31. The van der Waals surface area contributed by atoms with Crippen LogP contribution in [0.5, 0.6) is 5.75 Å². The van der Waals surface area contributed by atoms with Crippen LogP contribution >= 0.6 is 0 Å². The monoisotopic (exact) mass is 421 g/mol. The number of para-hydroxylation sites is 1. The molecule has 1 aliphatic heterocycles. The molecule has 0 amide bonds. The number of alkyl halides is 3. The van der Waals surface area contributed by atoms with Crippen molar-refractivity contribution in [2.24, 2.45) is 4.99 Å². The Hall–Kier alpha value is -2.97. The van der Waals surface area contributed by atoms with Gasteiger partial charge in [-0.3, -0.25) is 0 Å². The Morgan fingerprint density at radius 2 is 1.90 bits per heavy atom. The summed E-state index contributed by atoms with van der Waals surface area (Å²) in [7, 11) is 0. The fraction of sp³-hybridized carbons (Fsp3) is 0.429. The van der Waals surface area contributed by atoms with Crippen molar-refractivity contribution in [3.63, 3.8) is 0 Å². The van der Waals surface area contributed by atoms with Crippen LogP contribution in [0.2, 0.25) is 0 Å². The van der Waals surface area contributed by atoms with E-state index in [0.717, 1.165) is 24.5 Å². The number of pyridine rings is 1. The number of nitrogens with one attached hydrogen (secondary N) is 2. The van der Waals surface area contributed by atoms with Crippen molar-refractivity contribution in [3.05, 3.63) is 53.7 Å². The minimum atomic E-state index is -4.73. The van der Waals surface area contributed by atoms with Crippen molar-refractivity contribution in [2.75, 3.05) is 24.5 Å². The number of aliphatic imine (C=N–C) groups is 1. The average Bonchev–Trinajstić information content (AvgIpc) is 3.25. The number of aromatic nitrogens is 1. The minimum Gasteiger partial charge on any atom is -0.405 e. The van der Waals surface area contributed by atoms with Gasteiger partial charge in [-0.25, -0.2) is 9.98 Å². The maximum atomic E-state index is 12.6. The van der Waals surface area contributed by atoms with Crippen LogP contribution in [0.3, 0.4) is 0 Å². The molecule has 162 valence electrons. The largest absolute Gasteiger partial charge is 0.573 e. The van der Waals surface area contributed by atoms with Gasteiger partial charge in [-0.2, -0.15) is 0 Å². The van der Waals surface area contributed by atoms with E-state index in [0.29, 0.717) is 24.6 Å². The summed E-state index contributed by atoms with van der Waals surface area (Å²) >= 11 is 0. The van der Waals surface area contributed by atoms with Crippen molar-refractivity contribution in [1.82, 2.24) is 15.6 Å². The van der Waals surface area contributed by atoms with Crippen LogP contribution in [-0.2, 0) is 13.1 Å². The van der Waals surface area contributed by atoms with Gasteiger partial charge in [-0.15, -0.1) is 13.2 Å². The van der Waals surface area contributed by atoms with E-state index in [-0.39, 0.29) is 12.3 Å². The number of halogens is 3. The van der Waals surface area contributed by atoms with Crippen molar-refractivity contribution in [1.29, 1.82) is 0 Å². The zero-order valence-corrected chi connectivity index (χ0v) is 16.9. The Labute approximate surface area is 174 Å². The predicted molar refractivity (Wildman–Crippen MR) is 110 cm³/mol. The molecule has 0 aliphatic carbocycles. The second-order valence-electron chi connectivity index (χ2n) is 6.92. The molecule has 30 heavy (non-hydrogen) atoms. The number of hydrogen-bond donors (Lipinski definition) is 2. The van der Waals surface area contributed by atoms with Crippen molar-refractivity contribution < 1.29 is 17.9 Å². The van der Waals surface area contributed by atoms with Crippen LogP contribution in [0, 0.1) is 0 Å². The standard InChI is InChI=1S/C21H26F3N5O/c1-2-25-20(28-15-17-7-3-4-8-18(17)30-21(22,23)24)27-14-16-9-10-19(26-13-16)29-11-5-6-12-29/h3-4,7-10,13H,2,5-6,11-12,14-15H2,1H3,(H2,25,27,28). The van der Waals surface area contributed by atoms with Gasteiger partial charge in [0.2, 0.25) is 0 Å². The number of rotatable bonds is 7. The molecule has 0 radical (unpaired) electrons. The van der Waals surface area contributed by atoms with Gasteiger partial charge >= 0.3 is 6.36 Å². The van der Waals surface area contributed by atoms with Crippen LogP contribution < -0.4 is 20.3 Å². The molecule has 1 aliphatic rings. The second-order valence-corrected chi connectivity index (χ2v) is 6.92. The fourth-order valence-corrected chi connectivity index (χ4v) is 3.21. The Morgan fingerprint density at radius 1 is 1.13 bits per heavy atom. The Balaban J connectivity index is 1.61. The van der Waals surface area contributed by atoms with Crippen LogP contribution in [0.15, 0.2) is 47.6 Å². The Bertz CT molecular complexity index is 833. The van der Waals surface area contributed by atoms with Crippen molar-refractivity contribution in [2.45, 2.75) is 39.2 Å². The van der Waals surface area contributed by atoms with E-state index in [9.17, 15) is 13.2 Å². The van der Waals surface area contributed by atoms with Gasteiger partial charge in [0.05, 0.1) is 6.54 Å². The number of benzene rings is 1. The maximum Gasteiger partial charge on any atom is 0.573 e. The topological polar surface area (TPSA) is 61.8 Å². The first-order valence-corrected chi connectivity index (χ1v) is 10.0. The van der Waals surface area contributed by atoms with Crippen molar-refractivity contribution in [3.8, 4) is 5.75 Å². The molecule has 3 rings (SSSR count). The van der Waals surface area contributed by atoms with Gasteiger partial charge in [0.15, 0.2) is 5.96 Å². The molecule has 1 aromatic heterocycles. The summed E-state index contributed by atoms with van der Waals surface area (Å²) in [5.41, 5.74) is 1.34. The molecule has 9 heteroatoms. The summed E-state index contributed by atoms with van der Waals surface area (Å²) in [6.07, 6.45) is -0.527.